The molecule has 3 rings (SSSR count). The first-order valence-electron chi connectivity index (χ1n) is 8.82. The standard InChI is InChI=1S/C19H25N3O2S/c1-3-16-6-4-5-13-22(16)17-9-12-19(20-14-17)21-25(23,24)18-10-7-15(2)8-11-18/h7-12,14,16H,3-6,13H2,1-2H3,(H,20,21). The lowest BCUT2D eigenvalue weighted by Gasteiger charge is -2.37. The van der Waals surface area contributed by atoms with Crippen LogP contribution < -0.4 is 9.62 Å². The molecule has 0 saturated carbocycles. The van der Waals surface area contributed by atoms with Crippen LogP contribution in [-0.2, 0) is 10.0 Å². The molecule has 1 saturated heterocycles. The monoisotopic (exact) mass is 359 g/mol. The molecule has 0 spiro atoms. The lowest BCUT2D eigenvalue weighted by atomic mass is 9.99. The van der Waals surface area contributed by atoms with Gasteiger partial charge in [-0.3, -0.25) is 4.72 Å². The summed E-state index contributed by atoms with van der Waals surface area (Å²) in [5, 5.41) is 0. The number of aromatic nitrogens is 1. The molecule has 6 heteroatoms. The zero-order valence-electron chi connectivity index (χ0n) is 14.8. The maximum atomic E-state index is 12.4. The van der Waals surface area contributed by atoms with Crippen LogP contribution in [0, 0.1) is 6.92 Å². The molecule has 134 valence electrons. The van der Waals surface area contributed by atoms with E-state index in [4.69, 9.17) is 0 Å². The van der Waals surface area contributed by atoms with E-state index in [1.807, 2.05) is 13.0 Å². The van der Waals surface area contributed by atoms with Gasteiger partial charge in [-0.25, -0.2) is 13.4 Å². The Kier molecular flexibility index (Phi) is 5.27. The van der Waals surface area contributed by atoms with Gasteiger partial charge in [0.05, 0.1) is 16.8 Å². The fourth-order valence-corrected chi connectivity index (χ4v) is 4.30. The third-order valence-corrected chi connectivity index (χ3v) is 6.12. The number of hydrogen-bond donors (Lipinski definition) is 1. The van der Waals surface area contributed by atoms with Crippen molar-refractivity contribution in [2.24, 2.45) is 0 Å². The molecule has 2 heterocycles. The zero-order chi connectivity index (χ0) is 17.9. The number of pyridine rings is 1. The topological polar surface area (TPSA) is 62.3 Å². The highest BCUT2D eigenvalue weighted by Crippen LogP contribution is 2.27. The van der Waals surface area contributed by atoms with Gasteiger partial charge in [0.15, 0.2) is 0 Å². The van der Waals surface area contributed by atoms with Crippen LogP contribution in [0.5, 0.6) is 0 Å². The lowest BCUT2D eigenvalue weighted by molar-refractivity contribution is 0.449. The van der Waals surface area contributed by atoms with E-state index in [0.717, 1.165) is 24.2 Å². The number of aryl methyl sites for hydroxylation is 1. The third-order valence-electron chi connectivity index (χ3n) is 4.75. The average molecular weight is 359 g/mol. The molecule has 5 nitrogen and oxygen atoms in total. The van der Waals surface area contributed by atoms with Gasteiger partial charge in [-0.2, -0.15) is 0 Å². The van der Waals surface area contributed by atoms with Gasteiger partial charge >= 0.3 is 0 Å². The second-order valence-corrected chi connectivity index (χ2v) is 8.25. The van der Waals surface area contributed by atoms with Crippen molar-refractivity contribution in [3.05, 3.63) is 48.2 Å². The molecule has 1 fully saturated rings. The fourth-order valence-electron chi connectivity index (χ4n) is 3.30. The van der Waals surface area contributed by atoms with Crippen molar-refractivity contribution < 1.29 is 8.42 Å². The van der Waals surface area contributed by atoms with E-state index in [1.165, 1.54) is 19.3 Å². The van der Waals surface area contributed by atoms with Gasteiger partial charge in [0, 0.05) is 12.6 Å². The normalized spacial score (nSPS) is 18.2. The van der Waals surface area contributed by atoms with Crippen molar-refractivity contribution in [2.75, 3.05) is 16.2 Å². The van der Waals surface area contributed by atoms with E-state index in [1.54, 1.807) is 36.5 Å². The van der Waals surface area contributed by atoms with E-state index < -0.39 is 10.0 Å². The number of nitrogens with one attached hydrogen (secondary N) is 1. The second kappa shape index (κ2) is 7.44. The van der Waals surface area contributed by atoms with Crippen LogP contribution >= 0.6 is 0 Å². The largest absolute Gasteiger partial charge is 0.367 e. The second-order valence-electron chi connectivity index (χ2n) is 6.57. The van der Waals surface area contributed by atoms with E-state index in [0.29, 0.717) is 11.9 Å². The summed E-state index contributed by atoms with van der Waals surface area (Å²) in [6.07, 6.45) is 6.55. The molecule has 1 aliphatic heterocycles. The number of sulfonamides is 1. The number of nitrogens with zero attached hydrogens (tertiary/aromatic N) is 2. The summed E-state index contributed by atoms with van der Waals surface area (Å²) in [6.45, 7) is 5.17. The first kappa shape index (κ1) is 17.7. The van der Waals surface area contributed by atoms with Crippen molar-refractivity contribution in [2.45, 2.75) is 50.5 Å². The molecule has 1 unspecified atom stereocenters. The number of hydrogen-bond acceptors (Lipinski definition) is 4. The van der Waals surface area contributed by atoms with Gasteiger partial charge in [-0.1, -0.05) is 24.6 Å². The minimum absolute atomic E-state index is 0.242. The van der Waals surface area contributed by atoms with Crippen LogP contribution in [0.2, 0.25) is 0 Å². The van der Waals surface area contributed by atoms with Crippen molar-refractivity contribution in [1.82, 2.24) is 4.98 Å². The SMILES string of the molecule is CCC1CCCCN1c1ccc(NS(=O)(=O)c2ccc(C)cc2)nc1. The molecule has 0 radical (unpaired) electrons. The molecule has 1 aromatic heterocycles. The molecule has 0 amide bonds. The molecule has 25 heavy (non-hydrogen) atoms. The fraction of sp³-hybridized carbons (Fsp3) is 0.421. The average Bonchev–Trinajstić information content (AvgIpc) is 2.62. The highest BCUT2D eigenvalue weighted by atomic mass is 32.2. The smallest absolute Gasteiger partial charge is 0.263 e. The molecule has 1 aromatic carbocycles. The number of rotatable bonds is 5. The zero-order valence-corrected chi connectivity index (χ0v) is 15.6. The highest BCUT2D eigenvalue weighted by Gasteiger charge is 2.21. The van der Waals surface area contributed by atoms with Crippen LogP contribution in [0.25, 0.3) is 0 Å². The first-order valence-corrected chi connectivity index (χ1v) is 10.3. The van der Waals surface area contributed by atoms with Crippen LogP contribution in [-0.4, -0.2) is 26.0 Å². The van der Waals surface area contributed by atoms with Gasteiger partial charge in [-0.05, 0) is 56.9 Å². The Morgan fingerprint density at radius 2 is 1.92 bits per heavy atom. The van der Waals surface area contributed by atoms with E-state index in [9.17, 15) is 8.42 Å². The Morgan fingerprint density at radius 3 is 2.56 bits per heavy atom. The minimum atomic E-state index is -3.61. The van der Waals surface area contributed by atoms with Gasteiger partial charge in [-0.15, -0.1) is 0 Å². The summed E-state index contributed by atoms with van der Waals surface area (Å²) < 4.78 is 27.4. The van der Waals surface area contributed by atoms with Gasteiger partial charge in [0.2, 0.25) is 0 Å². The predicted octanol–water partition coefficient (Wildman–Crippen LogP) is 3.96. The molecule has 0 bridgehead atoms. The summed E-state index contributed by atoms with van der Waals surface area (Å²) >= 11 is 0. The van der Waals surface area contributed by atoms with Crippen molar-refractivity contribution in [3.8, 4) is 0 Å². The Bertz CT molecular complexity index is 802. The minimum Gasteiger partial charge on any atom is -0.367 e. The Morgan fingerprint density at radius 1 is 1.16 bits per heavy atom. The van der Waals surface area contributed by atoms with Gasteiger partial charge in [0.25, 0.3) is 10.0 Å². The van der Waals surface area contributed by atoms with Gasteiger partial charge in [0.1, 0.15) is 5.82 Å². The summed E-state index contributed by atoms with van der Waals surface area (Å²) in [5.74, 6) is 0.342. The molecule has 0 aliphatic carbocycles. The van der Waals surface area contributed by atoms with Crippen LogP contribution in [0.1, 0.15) is 38.2 Å². The Balaban J connectivity index is 1.75. The summed E-state index contributed by atoms with van der Waals surface area (Å²) in [4.78, 5) is 6.94. The third kappa shape index (κ3) is 4.12. The van der Waals surface area contributed by atoms with E-state index in [2.05, 4.69) is 21.5 Å². The van der Waals surface area contributed by atoms with Crippen molar-refractivity contribution in [1.29, 1.82) is 0 Å². The lowest BCUT2D eigenvalue weighted by Crippen LogP contribution is -2.39. The van der Waals surface area contributed by atoms with E-state index in [-0.39, 0.29) is 4.90 Å². The number of benzene rings is 1. The van der Waals surface area contributed by atoms with E-state index >= 15 is 0 Å². The maximum absolute atomic E-state index is 12.4. The van der Waals surface area contributed by atoms with Gasteiger partial charge < -0.3 is 4.90 Å². The molecule has 1 aliphatic rings. The van der Waals surface area contributed by atoms with Crippen LogP contribution in [0.4, 0.5) is 11.5 Å². The molecule has 1 atom stereocenters. The quantitative estimate of drug-likeness (QED) is 0.878. The summed E-state index contributed by atoms with van der Waals surface area (Å²) in [6, 6.07) is 11.0. The molecular weight excluding hydrogens is 334 g/mol. The molecule has 2 aromatic rings. The summed E-state index contributed by atoms with van der Waals surface area (Å²) in [5.41, 5.74) is 2.08. The Labute approximate surface area is 150 Å². The van der Waals surface area contributed by atoms with Crippen molar-refractivity contribution >= 4 is 21.5 Å². The number of anilines is 2. The Hall–Kier alpha value is -2.08. The predicted molar refractivity (Wildman–Crippen MR) is 102 cm³/mol. The molecule has 1 N–H and O–H groups in total. The van der Waals surface area contributed by atoms with Crippen molar-refractivity contribution in [3.63, 3.8) is 0 Å². The first-order chi connectivity index (χ1) is 12.0. The van der Waals surface area contributed by atoms with Crippen LogP contribution in [0.3, 0.4) is 0 Å². The number of piperidine rings is 1. The van der Waals surface area contributed by atoms with Crippen LogP contribution in [0.15, 0.2) is 47.5 Å². The molecular formula is C19H25N3O2S. The summed E-state index contributed by atoms with van der Waals surface area (Å²) in [7, 11) is -3.61. The maximum Gasteiger partial charge on any atom is 0.263 e. The highest BCUT2D eigenvalue weighted by molar-refractivity contribution is 7.92.